The first kappa shape index (κ1) is 13.6. The van der Waals surface area contributed by atoms with Crippen LogP contribution in [0.1, 0.15) is 11.1 Å². The van der Waals surface area contributed by atoms with Gasteiger partial charge in [0.25, 0.3) is 0 Å². The lowest BCUT2D eigenvalue weighted by Crippen LogP contribution is -2.04. The van der Waals surface area contributed by atoms with Crippen LogP contribution in [-0.4, -0.2) is 4.98 Å². The van der Waals surface area contributed by atoms with E-state index in [1.54, 1.807) is 18.2 Å². The first-order valence-electron chi connectivity index (χ1n) is 5.55. The van der Waals surface area contributed by atoms with Gasteiger partial charge in [-0.05, 0) is 46.6 Å². The zero-order valence-corrected chi connectivity index (χ0v) is 11.9. The van der Waals surface area contributed by atoms with E-state index in [4.69, 9.17) is 16.2 Å². The van der Waals surface area contributed by atoms with Gasteiger partial charge in [-0.2, -0.15) is 4.39 Å². The van der Waals surface area contributed by atoms with E-state index in [9.17, 15) is 4.39 Å². The van der Waals surface area contributed by atoms with Gasteiger partial charge in [-0.3, -0.25) is 0 Å². The normalized spacial score (nSPS) is 10.5. The predicted molar refractivity (Wildman–Crippen MR) is 76.2 cm³/mol. The number of rotatable bonds is 3. The zero-order chi connectivity index (χ0) is 14.0. The van der Waals surface area contributed by atoms with Crippen LogP contribution in [0.15, 0.2) is 28.9 Å². The number of benzene rings is 1. The van der Waals surface area contributed by atoms with Crippen molar-refractivity contribution in [2.45, 2.75) is 13.5 Å². The zero-order valence-electron chi connectivity index (χ0n) is 10.3. The third-order valence-corrected chi connectivity index (χ3v) is 3.10. The number of nitrogens with two attached hydrogens (primary N) is 2. The molecule has 0 spiro atoms. The van der Waals surface area contributed by atoms with Crippen molar-refractivity contribution in [1.82, 2.24) is 4.98 Å². The van der Waals surface area contributed by atoms with Gasteiger partial charge in [0.15, 0.2) is 5.75 Å². The fourth-order valence-electron chi connectivity index (χ4n) is 1.65. The number of hydrogen-bond donors (Lipinski definition) is 2. The largest absolute Gasteiger partial charge is 0.485 e. The molecule has 0 atom stereocenters. The molecule has 0 bridgehead atoms. The number of nitrogen functional groups attached to an aromatic ring is 2. The molecule has 6 heteroatoms. The maximum Gasteiger partial charge on any atom is 0.219 e. The molecule has 4 N–H and O–H groups in total. The average molecular weight is 326 g/mol. The van der Waals surface area contributed by atoms with Crippen LogP contribution in [0.3, 0.4) is 0 Å². The van der Waals surface area contributed by atoms with Gasteiger partial charge in [0.1, 0.15) is 6.61 Å². The van der Waals surface area contributed by atoms with Crippen molar-refractivity contribution in [3.05, 3.63) is 45.9 Å². The second-order valence-electron chi connectivity index (χ2n) is 4.17. The Kier molecular flexibility index (Phi) is 3.90. The average Bonchev–Trinajstić information content (AvgIpc) is 2.32. The van der Waals surface area contributed by atoms with Crippen molar-refractivity contribution in [3.8, 4) is 5.75 Å². The molecule has 0 saturated carbocycles. The van der Waals surface area contributed by atoms with Crippen molar-refractivity contribution >= 4 is 27.3 Å². The molecule has 0 radical (unpaired) electrons. The van der Waals surface area contributed by atoms with E-state index in [2.05, 4.69) is 20.9 Å². The second kappa shape index (κ2) is 5.44. The van der Waals surface area contributed by atoms with Crippen LogP contribution in [0.4, 0.5) is 15.8 Å². The highest BCUT2D eigenvalue weighted by Gasteiger charge is 2.10. The molecule has 0 aliphatic carbocycles. The minimum Gasteiger partial charge on any atom is -0.485 e. The van der Waals surface area contributed by atoms with E-state index >= 15 is 0 Å². The minimum absolute atomic E-state index is 0.0488. The highest BCUT2D eigenvalue weighted by molar-refractivity contribution is 9.10. The van der Waals surface area contributed by atoms with Crippen LogP contribution in [0.25, 0.3) is 0 Å². The summed E-state index contributed by atoms with van der Waals surface area (Å²) < 4.78 is 19.7. The van der Waals surface area contributed by atoms with E-state index in [1.165, 1.54) is 6.20 Å². The highest BCUT2D eigenvalue weighted by atomic mass is 79.9. The Labute approximate surface area is 118 Å². The quantitative estimate of drug-likeness (QED) is 0.672. The van der Waals surface area contributed by atoms with Crippen molar-refractivity contribution in [2.24, 2.45) is 0 Å². The molecule has 1 heterocycles. The smallest absolute Gasteiger partial charge is 0.219 e. The molecule has 100 valence electrons. The van der Waals surface area contributed by atoms with E-state index in [1.807, 2.05) is 6.92 Å². The molecule has 0 saturated heterocycles. The molecule has 1 aromatic heterocycles. The fourth-order valence-corrected chi connectivity index (χ4v) is 2.26. The van der Waals surface area contributed by atoms with Crippen LogP contribution in [0, 0.1) is 12.9 Å². The summed E-state index contributed by atoms with van der Waals surface area (Å²) in [4.78, 5) is 3.64. The van der Waals surface area contributed by atoms with E-state index in [0.29, 0.717) is 27.2 Å². The molecule has 2 rings (SSSR count). The summed E-state index contributed by atoms with van der Waals surface area (Å²) in [6.45, 7) is 1.89. The standard InChI is InChI=1S/C13H13BrFN3O/c1-7-2-8(13(15)18-5-7)6-19-12-10(14)3-9(16)4-11(12)17/h2-5H,6,16-17H2,1H3. The molecule has 1 aromatic carbocycles. The van der Waals surface area contributed by atoms with Gasteiger partial charge in [-0.15, -0.1) is 0 Å². The topological polar surface area (TPSA) is 74.2 Å². The Morgan fingerprint density at radius 1 is 1.32 bits per heavy atom. The summed E-state index contributed by atoms with van der Waals surface area (Å²) >= 11 is 3.31. The van der Waals surface area contributed by atoms with Crippen LogP contribution in [0.5, 0.6) is 5.75 Å². The van der Waals surface area contributed by atoms with Crippen LogP contribution < -0.4 is 16.2 Å². The van der Waals surface area contributed by atoms with Crippen molar-refractivity contribution < 1.29 is 9.13 Å². The van der Waals surface area contributed by atoms with Gasteiger partial charge < -0.3 is 16.2 Å². The number of aromatic nitrogens is 1. The summed E-state index contributed by atoms with van der Waals surface area (Å²) in [6.07, 6.45) is 1.46. The monoisotopic (exact) mass is 325 g/mol. The summed E-state index contributed by atoms with van der Waals surface area (Å²) in [7, 11) is 0. The highest BCUT2D eigenvalue weighted by Crippen LogP contribution is 2.34. The van der Waals surface area contributed by atoms with E-state index in [-0.39, 0.29) is 6.61 Å². The van der Waals surface area contributed by atoms with Gasteiger partial charge in [-0.1, -0.05) is 0 Å². The molecule has 0 fully saturated rings. The van der Waals surface area contributed by atoms with Crippen LogP contribution in [-0.2, 0) is 6.61 Å². The third-order valence-electron chi connectivity index (χ3n) is 2.52. The number of aryl methyl sites for hydroxylation is 1. The maximum atomic E-state index is 13.5. The molecular weight excluding hydrogens is 313 g/mol. The Balaban J connectivity index is 2.21. The lowest BCUT2D eigenvalue weighted by molar-refractivity contribution is 0.297. The molecule has 0 aliphatic heterocycles. The lowest BCUT2D eigenvalue weighted by atomic mass is 10.2. The maximum absolute atomic E-state index is 13.5. The number of hydrogen-bond acceptors (Lipinski definition) is 4. The molecule has 0 aliphatic rings. The fraction of sp³-hybridized carbons (Fsp3) is 0.154. The van der Waals surface area contributed by atoms with Crippen molar-refractivity contribution in [1.29, 1.82) is 0 Å². The number of ether oxygens (including phenoxy) is 1. The Bertz CT molecular complexity index is 596. The molecule has 0 unspecified atom stereocenters. The minimum atomic E-state index is -0.546. The van der Waals surface area contributed by atoms with E-state index < -0.39 is 5.95 Å². The van der Waals surface area contributed by atoms with Crippen LogP contribution >= 0.6 is 15.9 Å². The van der Waals surface area contributed by atoms with Gasteiger partial charge in [-0.25, -0.2) is 4.98 Å². The predicted octanol–water partition coefficient (Wildman–Crippen LogP) is 3.04. The summed E-state index contributed by atoms with van der Waals surface area (Å²) in [5.74, 6) is -0.106. The number of anilines is 2. The summed E-state index contributed by atoms with van der Waals surface area (Å²) in [5.41, 5.74) is 13.6. The first-order valence-corrected chi connectivity index (χ1v) is 6.35. The Morgan fingerprint density at radius 2 is 2.05 bits per heavy atom. The lowest BCUT2D eigenvalue weighted by Gasteiger charge is -2.12. The first-order chi connectivity index (χ1) is 8.97. The third kappa shape index (κ3) is 3.14. The van der Waals surface area contributed by atoms with E-state index in [0.717, 1.165) is 5.56 Å². The molecule has 19 heavy (non-hydrogen) atoms. The van der Waals surface area contributed by atoms with Gasteiger partial charge >= 0.3 is 0 Å². The summed E-state index contributed by atoms with van der Waals surface area (Å²) in [5, 5.41) is 0. The van der Waals surface area contributed by atoms with Gasteiger partial charge in [0.2, 0.25) is 5.95 Å². The number of halogens is 2. The number of pyridine rings is 1. The van der Waals surface area contributed by atoms with Crippen molar-refractivity contribution in [2.75, 3.05) is 11.5 Å². The molecule has 2 aromatic rings. The van der Waals surface area contributed by atoms with Gasteiger partial charge in [0.05, 0.1) is 10.2 Å². The molecule has 0 amide bonds. The SMILES string of the molecule is Cc1cnc(F)c(COc2c(N)cc(N)cc2Br)c1. The number of nitrogens with zero attached hydrogens (tertiary/aromatic N) is 1. The molecule has 4 nitrogen and oxygen atoms in total. The second-order valence-corrected chi connectivity index (χ2v) is 5.03. The Hall–Kier alpha value is -1.82. The van der Waals surface area contributed by atoms with Gasteiger partial charge in [0, 0.05) is 17.4 Å². The Morgan fingerprint density at radius 3 is 2.74 bits per heavy atom. The van der Waals surface area contributed by atoms with Crippen LogP contribution in [0.2, 0.25) is 0 Å². The molecular formula is C13H13BrFN3O. The summed E-state index contributed by atoms with van der Waals surface area (Å²) in [6, 6.07) is 4.95. The van der Waals surface area contributed by atoms with Crippen molar-refractivity contribution in [3.63, 3.8) is 0 Å².